The van der Waals surface area contributed by atoms with Crippen LogP contribution >= 0.6 is 0 Å². The second kappa shape index (κ2) is 8.31. The lowest BCUT2D eigenvalue weighted by Crippen LogP contribution is -2.38. The van der Waals surface area contributed by atoms with Gasteiger partial charge in [0.15, 0.2) is 0 Å². The Morgan fingerprint density at radius 1 is 1.16 bits per heavy atom. The Balaban J connectivity index is 2.55. The molecule has 0 aliphatic heterocycles. The zero-order valence-electron chi connectivity index (χ0n) is 12.6. The van der Waals surface area contributed by atoms with Crippen molar-refractivity contribution in [1.82, 2.24) is 5.43 Å². The third kappa shape index (κ3) is 5.72. The van der Waals surface area contributed by atoms with Crippen LogP contribution in [0.25, 0.3) is 0 Å². The van der Waals surface area contributed by atoms with Crippen LogP contribution in [0.3, 0.4) is 0 Å². The molecule has 0 radical (unpaired) electrons. The molecule has 0 heterocycles. The van der Waals surface area contributed by atoms with E-state index in [2.05, 4.69) is 50.5 Å². The zero-order valence-corrected chi connectivity index (χ0v) is 12.6. The molecule has 0 saturated carbocycles. The smallest absolute Gasteiger partial charge is 0.0488 e. The van der Waals surface area contributed by atoms with Gasteiger partial charge in [-0.15, -0.1) is 0 Å². The number of ether oxygens (including phenoxy) is 1. The fraction of sp³-hybridized carbons (Fsp3) is 0.625. The average molecular weight is 264 g/mol. The van der Waals surface area contributed by atoms with Crippen LogP contribution in [0.15, 0.2) is 24.3 Å². The molecule has 0 bridgehead atoms. The number of nitrogens with one attached hydrogen (secondary N) is 1. The molecule has 0 amide bonds. The van der Waals surface area contributed by atoms with Crippen molar-refractivity contribution in [3.05, 3.63) is 35.4 Å². The standard InChI is InChI=1S/C16H28N2O/c1-12(2)15-7-5-14(6-8-15)10-16(18-17)9-13(3)11-19-4/h5-8,12-13,16,18H,9-11,17H2,1-4H3. The second-order valence-electron chi connectivity index (χ2n) is 5.76. The lowest BCUT2D eigenvalue weighted by molar-refractivity contribution is 0.149. The molecule has 2 atom stereocenters. The van der Waals surface area contributed by atoms with Crippen LogP contribution < -0.4 is 11.3 Å². The van der Waals surface area contributed by atoms with Gasteiger partial charge in [-0.2, -0.15) is 0 Å². The number of nitrogens with two attached hydrogens (primary N) is 1. The number of rotatable bonds is 8. The molecule has 1 rings (SSSR count). The highest BCUT2D eigenvalue weighted by Crippen LogP contribution is 2.17. The van der Waals surface area contributed by atoms with E-state index >= 15 is 0 Å². The number of methoxy groups -OCH3 is 1. The van der Waals surface area contributed by atoms with Gasteiger partial charge in [-0.25, -0.2) is 0 Å². The Bertz CT molecular complexity index is 348. The minimum absolute atomic E-state index is 0.301. The maximum atomic E-state index is 5.65. The van der Waals surface area contributed by atoms with Crippen molar-refractivity contribution in [1.29, 1.82) is 0 Å². The first-order chi connectivity index (χ1) is 9.06. The van der Waals surface area contributed by atoms with Gasteiger partial charge in [-0.3, -0.25) is 11.3 Å². The largest absolute Gasteiger partial charge is 0.384 e. The van der Waals surface area contributed by atoms with E-state index < -0.39 is 0 Å². The van der Waals surface area contributed by atoms with E-state index in [-0.39, 0.29) is 0 Å². The molecule has 19 heavy (non-hydrogen) atoms. The quantitative estimate of drug-likeness (QED) is 0.560. The zero-order chi connectivity index (χ0) is 14.3. The maximum Gasteiger partial charge on any atom is 0.0488 e. The summed E-state index contributed by atoms with van der Waals surface area (Å²) in [5, 5.41) is 0. The van der Waals surface area contributed by atoms with Crippen LogP contribution in [-0.4, -0.2) is 19.8 Å². The molecule has 3 nitrogen and oxygen atoms in total. The minimum atomic E-state index is 0.301. The van der Waals surface area contributed by atoms with E-state index in [4.69, 9.17) is 10.6 Å². The van der Waals surface area contributed by atoms with Crippen LogP contribution in [0, 0.1) is 5.92 Å². The lowest BCUT2D eigenvalue weighted by atomic mass is 9.95. The van der Waals surface area contributed by atoms with Crippen molar-refractivity contribution in [3.63, 3.8) is 0 Å². The highest BCUT2D eigenvalue weighted by molar-refractivity contribution is 5.25. The summed E-state index contributed by atoms with van der Waals surface area (Å²) in [6, 6.07) is 9.15. The maximum absolute atomic E-state index is 5.65. The summed E-state index contributed by atoms with van der Waals surface area (Å²) in [5.41, 5.74) is 5.64. The normalized spacial score (nSPS) is 14.6. The topological polar surface area (TPSA) is 47.3 Å². The molecule has 0 aromatic heterocycles. The predicted molar refractivity (Wildman–Crippen MR) is 81.0 cm³/mol. The van der Waals surface area contributed by atoms with Crippen LogP contribution in [0.5, 0.6) is 0 Å². The van der Waals surface area contributed by atoms with Gasteiger partial charge in [-0.1, -0.05) is 45.0 Å². The SMILES string of the molecule is COCC(C)CC(Cc1ccc(C(C)C)cc1)NN. The highest BCUT2D eigenvalue weighted by Gasteiger charge is 2.12. The molecular weight excluding hydrogens is 236 g/mol. The Labute approximate surface area is 117 Å². The molecule has 0 fully saturated rings. The van der Waals surface area contributed by atoms with E-state index in [9.17, 15) is 0 Å². The third-order valence-corrected chi connectivity index (χ3v) is 3.50. The molecule has 108 valence electrons. The molecule has 1 aromatic rings. The van der Waals surface area contributed by atoms with Gasteiger partial charge in [-0.05, 0) is 35.8 Å². The minimum Gasteiger partial charge on any atom is -0.384 e. The predicted octanol–water partition coefficient (Wildman–Crippen LogP) is 2.86. The Hall–Kier alpha value is -0.900. The molecule has 0 aliphatic carbocycles. The van der Waals surface area contributed by atoms with E-state index in [0.29, 0.717) is 17.9 Å². The van der Waals surface area contributed by atoms with Gasteiger partial charge in [0.25, 0.3) is 0 Å². The number of hydrogen-bond donors (Lipinski definition) is 2. The molecule has 3 heteroatoms. The van der Waals surface area contributed by atoms with Crippen LogP contribution in [0.1, 0.15) is 44.2 Å². The summed E-state index contributed by atoms with van der Waals surface area (Å²) in [6.45, 7) is 7.40. The van der Waals surface area contributed by atoms with Crippen molar-refractivity contribution in [3.8, 4) is 0 Å². The van der Waals surface area contributed by atoms with E-state index in [1.54, 1.807) is 7.11 Å². The van der Waals surface area contributed by atoms with Gasteiger partial charge in [0.1, 0.15) is 0 Å². The first-order valence-corrected chi connectivity index (χ1v) is 7.10. The molecule has 0 saturated heterocycles. The van der Waals surface area contributed by atoms with Gasteiger partial charge in [0.2, 0.25) is 0 Å². The third-order valence-electron chi connectivity index (χ3n) is 3.50. The van der Waals surface area contributed by atoms with E-state index in [0.717, 1.165) is 19.4 Å². The van der Waals surface area contributed by atoms with Crippen molar-refractivity contribution >= 4 is 0 Å². The molecule has 3 N–H and O–H groups in total. The second-order valence-corrected chi connectivity index (χ2v) is 5.76. The number of hydrazine groups is 1. The average Bonchev–Trinajstić information content (AvgIpc) is 2.38. The summed E-state index contributed by atoms with van der Waals surface area (Å²) >= 11 is 0. The summed E-state index contributed by atoms with van der Waals surface area (Å²) < 4.78 is 5.17. The van der Waals surface area contributed by atoms with Gasteiger partial charge < -0.3 is 4.74 Å². The molecule has 0 spiro atoms. The lowest BCUT2D eigenvalue weighted by Gasteiger charge is -2.20. The van der Waals surface area contributed by atoms with Gasteiger partial charge in [0.05, 0.1) is 0 Å². The summed E-state index contributed by atoms with van der Waals surface area (Å²) in [5.74, 6) is 6.75. The van der Waals surface area contributed by atoms with Crippen LogP contribution in [0.2, 0.25) is 0 Å². The molecule has 1 aromatic carbocycles. The Morgan fingerprint density at radius 3 is 2.26 bits per heavy atom. The van der Waals surface area contributed by atoms with Crippen LogP contribution in [0.4, 0.5) is 0 Å². The monoisotopic (exact) mass is 264 g/mol. The summed E-state index contributed by atoms with van der Waals surface area (Å²) in [6.07, 6.45) is 1.99. The highest BCUT2D eigenvalue weighted by atomic mass is 16.5. The molecule has 2 unspecified atom stereocenters. The summed E-state index contributed by atoms with van der Waals surface area (Å²) in [7, 11) is 1.74. The van der Waals surface area contributed by atoms with Gasteiger partial charge >= 0.3 is 0 Å². The number of hydrogen-bond acceptors (Lipinski definition) is 3. The van der Waals surface area contributed by atoms with E-state index in [1.165, 1.54) is 11.1 Å². The first-order valence-electron chi connectivity index (χ1n) is 7.10. The summed E-state index contributed by atoms with van der Waals surface area (Å²) in [4.78, 5) is 0. The fourth-order valence-electron chi connectivity index (χ4n) is 2.37. The molecular formula is C16H28N2O. The van der Waals surface area contributed by atoms with Crippen molar-refractivity contribution in [2.75, 3.05) is 13.7 Å². The van der Waals surface area contributed by atoms with Crippen molar-refractivity contribution in [2.45, 2.75) is 45.6 Å². The van der Waals surface area contributed by atoms with Crippen molar-refractivity contribution in [2.24, 2.45) is 11.8 Å². The van der Waals surface area contributed by atoms with Crippen molar-refractivity contribution < 1.29 is 4.74 Å². The Morgan fingerprint density at radius 2 is 1.79 bits per heavy atom. The van der Waals surface area contributed by atoms with E-state index in [1.807, 2.05) is 0 Å². The Kier molecular flexibility index (Phi) is 7.06. The molecule has 0 aliphatic rings. The van der Waals surface area contributed by atoms with Crippen LogP contribution in [-0.2, 0) is 11.2 Å². The fourth-order valence-corrected chi connectivity index (χ4v) is 2.37. The first kappa shape index (κ1) is 16.2. The number of benzene rings is 1. The van der Waals surface area contributed by atoms with Gasteiger partial charge in [0, 0.05) is 19.8 Å².